The van der Waals surface area contributed by atoms with Crippen LogP contribution in [0.1, 0.15) is 31.7 Å². The van der Waals surface area contributed by atoms with Gasteiger partial charge in [-0.25, -0.2) is 0 Å². The summed E-state index contributed by atoms with van der Waals surface area (Å²) in [4.78, 5) is 2.13. The lowest BCUT2D eigenvalue weighted by Crippen LogP contribution is -2.13. The lowest BCUT2D eigenvalue weighted by atomic mass is 10.1. The Kier molecular flexibility index (Phi) is 7.34. The van der Waals surface area contributed by atoms with Crippen LogP contribution in [0.3, 0.4) is 0 Å². The van der Waals surface area contributed by atoms with Gasteiger partial charge < -0.3 is 13.8 Å². The molecule has 3 aromatic carbocycles. The molecule has 160 valence electrons. The Morgan fingerprint density at radius 1 is 0.900 bits per heavy atom. The quantitative estimate of drug-likeness (QED) is 0.312. The zero-order valence-corrected chi connectivity index (χ0v) is 18.6. The number of hydrogen-bond acceptors (Lipinski definition) is 5. The molecule has 0 spiro atoms. The SMILES string of the molecule is CCCCCS(=O)(=O)Oc1cccc(Oc2cccc3cc(CN(C)C)ccc23)c1. The van der Waals surface area contributed by atoms with E-state index in [0.717, 1.165) is 30.2 Å². The van der Waals surface area contributed by atoms with Crippen LogP contribution in [0.5, 0.6) is 17.2 Å². The summed E-state index contributed by atoms with van der Waals surface area (Å²) >= 11 is 0. The number of benzene rings is 3. The van der Waals surface area contributed by atoms with Gasteiger partial charge in [0.05, 0.1) is 5.75 Å². The van der Waals surface area contributed by atoms with Crippen molar-refractivity contribution in [3.63, 3.8) is 0 Å². The second-order valence-corrected chi connectivity index (χ2v) is 9.37. The van der Waals surface area contributed by atoms with Gasteiger partial charge in [0.15, 0.2) is 0 Å². The van der Waals surface area contributed by atoms with Crippen molar-refractivity contribution in [1.82, 2.24) is 4.90 Å². The van der Waals surface area contributed by atoms with Gasteiger partial charge >= 0.3 is 10.1 Å². The highest BCUT2D eigenvalue weighted by Crippen LogP contribution is 2.32. The molecule has 3 rings (SSSR count). The maximum absolute atomic E-state index is 12.2. The molecule has 0 amide bonds. The van der Waals surface area contributed by atoms with E-state index in [9.17, 15) is 8.42 Å². The normalized spacial score (nSPS) is 11.7. The minimum Gasteiger partial charge on any atom is -0.457 e. The van der Waals surface area contributed by atoms with E-state index in [-0.39, 0.29) is 11.5 Å². The predicted octanol–water partition coefficient (Wildman–Crippen LogP) is 5.59. The van der Waals surface area contributed by atoms with Gasteiger partial charge in [-0.1, -0.05) is 50.1 Å². The fourth-order valence-corrected chi connectivity index (χ4v) is 4.33. The summed E-state index contributed by atoms with van der Waals surface area (Å²) in [5.41, 5.74) is 1.23. The second kappa shape index (κ2) is 9.96. The number of fused-ring (bicyclic) bond motifs is 1. The first-order chi connectivity index (χ1) is 14.4. The van der Waals surface area contributed by atoms with E-state index < -0.39 is 10.1 Å². The fraction of sp³-hybridized carbons (Fsp3) is 0.333. The van der Waals surface area contributed by atoms with Crippen LogP contribution >= 0.6 is 0 Å². The average molecular weight is 428 g/mol. The molecule has 6 heteroatoms. The summed E-state index contributed by atoms with van der Waals surface area (Å²) in [5, 5.41) is 2.09. The molecule has 0 radical (unpaired) electrons. The Balaban J connectivity index is 1.78. The molecule has 3 aromatic rings. The van der Waals surface area contributed by atoms with Crippen molar-refractivity contribution in [2.75, 3.05) is 19.8 Å². The van der Waals surface area contributed by atoms with Crippen LogP contribution in [0.15, 0.2) is 60.7 Å². The first-order valence-corrected chi connectivity index (χ1v) is 11.8. The van der Waals surface area contributed by atoms with Gasteiger partial charge in [0.1, 0.15) is 17.2 Å². The lowest BCUT2D eigenvalue weighted by molar-refractivity contribution is 0.403. The summed E-state index contributed by atoms with van der Waals surface area (Å²) in [6.07, 6.45) is 2.42. The Morgan fingerprint density at radius 2 is 1.67 bits per heavy atom. The summed E-state index contributed by atoms with van der Waals surface area (Å²) in [6.45, 7) is 2.90. The summed E-state index contributed by atoms with van der Waals surface area (Å²) in [5.74, 6) is 1.52. The van der Waals surface area contributed by atoms with E-state index in [1.807, 2.05) is 33.2 Å². The molecule has 0 fully saturated rings. The first-order valence-electron chi connectivity index (χ1n) is 10.2. The van der Waals surface area contributed by atoms with Crippen LogP contribution in [-0.2, 0) is 16.7 Å². The van der Waals surface area contributed by atoms with Crippen molar-refractivity contribution >= 4 is 20.9 Å². The topological polar surface area (TPSA) is 55.8 Å². The fourth-order valence-electron chi connectivity index (χ4n) is 3.29. The molecule has 0 aromatic heterocycles. The van der Waals surface area contributed by atoms with Crippen LogP contribution in [0.4, 0.5) is 0 Å². The monoisotopic (exact) mass is 427 g/mol. The Bertz CT molecular complexity index is 1090. The van der Waals surface area contributed by atoms with Crippen LogP contribution in [0, 0.1) is 0 Å². The lowest BCUT2D eigenvalue weighted by Gasteiger charge is -2.13. The maximum atomic E-state index is 12.2. The minimum atomic E-state index is -3.61. The summed E-state index contributed by atoms with van der Waals surface area (Å²) in [7, 11) is 0.483. The molecule has 0 aliphatic carbocycles. The standard InChI is InChI=1S/C24H29NO4S/c1-4-5-6-15-30(26,27)29-22-11-8-10-21(17-22)28-24-12-7-9-20-16-19(18-25(2)3)13-14-23(20)24/h7-14,16-17H,4-6,15,18H2,1-3H3. The van der Waals surface area contributed by atoms with Crippen molar-refractivity contribution in [2.45, 2.75) is 32.7 Å². The minimum absolute atomic E-state index is 0.0184. The highest BCUT2D eigenvalue weighted by atomic mass is 32.2. The van der Waals surface area contributed by atoms with E-state index in [0.29, 0.717) is 17.9 Å². The summed E-state index contributed by atoms with van der Waals surface area (Å²) < 4.78 is 35.7. The maximum Gasteiger partial charge on any atom is 0.309 e. The van der Waals surface area contributed by atoms with Gasteiger partial charge in [-0.3, -0.25) is 0 Å². The number of nitrogens with zero attached hydrogens (tertiary/aromatic N) is 1. The van der Waals surface area contributed by atoms with Gasteiger partial charge in [-0.2, -0.15) is 8.42 Å². The molecule has 0 aliphatic rings. The molecule has 0 bridgehead atoms. The van der Waals surface area contributed by atoms with E-state index in [2.05, 4.69) is 29.2 Å². The predicted molar refractivity (Wildman–Crippen MR) is 122 cm³/mol. The third-order valence-electron chi connectivity index (χ3n) is 4.66. The third-order valence-corrected chi connectivity index (χ3v) is 5.89. The highest BCUT2D eigenvalue weighted by Gasteiger charge is 2.13. The molecule has 5 nitrogen and oxygen atoms in total. The Labute approximate surface area is 179 Å². The molecule has 30 heavy (non-hydrogen) atoms. The van der Waals surface area contributed by atoms with Crippen molar-refractivity contribution in [2.24, 2.45) is 0 Å². The molecule has 0 saturated heterocycles. The van der Waals surface area contributed by atoms with Crippen molar-refractivity contribution in [3.8, 4) is 17.2 Å². The molecule has 0 N–H and O–H groups in total. The van der Waals surface area contributed by atoms with Gasteiger partial charge in [-0.05, 0) is 55.7 Å². The third kappa shape index (κ3) is 6.21. The van der Waals surface area contributed by atoms with E-state index in [1.54, 1.807) is 24.3 Å². The Morgan fingerprint density at radius 3 is 2.43 bits per heavy atom. The van der Waals surface area contributed by atoms with E-state index in [4.69, 9.17) is 8.92 Å². The average Bonchev–Trinajstić information content (AvgIpc) is 2.67. The smallest absolute Gasteiger partial charge is 0.309 e. The van der Waals surface area contributed by atoms with Crippen molar-refractivity contribution < 1.29 is 17.3 Å². The zero-order chi connectivity index (χ0) is 21.6. The van der Waals surface area contributed by atoms with Gasteiger partial charge in [0.25, 0.3) is 0 Å². The highest BCUT2D eigenvalue weighted by molar-refractivity contribution is 7.87. The van der Waals surface area contributed by atoms with E-state index >= 15 is 0 Å². The number of hydrogen-bond donors (Lipinski definition) is 0. The largest absolute Gasteiger partial charge is 0.457 e. The first kappa shape index (κ1) is 22.1. The van der Waals surface area contributed by atoms with Gasteiger partial charge in [0.2, 0.25) is 0 Å². The molecule has 0 atom stereocenters. The van der Waals surface area contributed by atoms with Crippen molar-refractivity contribution in [3.05, 3.63) is 66.2 Å². The molecule has 0 heterocycles. The molecule has 0 saturated carbocycles. The molecule has 0 unspecified atom stereocenters. The molecular formula is C24H29NO4S. The number of rotatable bonds is 10. The van der Waals surface area contributed by atoms with Crippen molar-refractivity contribution in [1.29, 1.82) is 0 Å². The van der Waals surface area contributed by atoms with E-state index in [1.165, 1.54) is 5.56 Å². The van der Waals surface area contributed by atoms with Crippen LogP contribution in [0.2, 0.25) is 0 Å². The number of ether oxygens (including phenoxy) is 1. The second-order valence-electron chi connectivity index (χ2n) is 7.68. The van der Waals surface area contributed by atoms with Gasteiger partial charge in [-0.15, -0.1) is 0 Å². The van der Waals surface area contributed by atoms with Crippen LogP contribution in [0.25, 0.3) is 10.8 Å². The Hall–Kier alpha value is -2.57. The zero-order valence-electron chi connectivity index (χ0n) is 17.8. The van der Waals surface area contributed by atoms with Crippen LogP contribution in [-0.4, -0.2) is 33.2 Å². The summed E-state index contributed by atoms with van der Waals surface area (Å²) in [6, 6.07) is 19.0. The van der Waals surface area contributed by atoms with Crippen LogP contribution < -0.4 is 8.92 Å². The van der Waals surface area contributed by atoms with Gasteiger partial charge in [0, 0.05) is 18.0 Å². The molecule has 0 aliphatic heterocycles. The molecular weight excluding hydrogens is 398 g/mol. The number of unbranched alkanes of at least 4 members (excludes halogenated alkanes) is 2.